The first-order valence-corrected chi connectivity index (χ1v) is 16.4. The van der Waals surface area contributed by atoms with Crippen LogP contribution in [0.25, 0.3) is 0 Å². The summed E-state index contributed by atoms with van der Waals surface area (Å²) in [5.41, 5.74) is 0.00504. The number of amides is 2. The van der Waals surface area contributed by atoms with E-state index >= 15 is 0 Å². The van der Waals surface area contributed by atoms with Crippen LogP contribution in [0, 0.1) is 17.8 Å². The van der Waals surface area contributed by atoms with Crippen LogP contribution in [0.5, 0.6) is 23.1 Å². The van der Waals surface area contributed by atoms with E-state index in [2.05, 4.69) is 37.0 Å². The Morgan fingerprint density at radius 3 is 2.37 bits per heavy atom. The maximum atomic E-state index is 12.5. The van der Waals surface area contributed by atoms with Crippen LogP contribution in [0.15, 0.2) is 42.6 Å². The van der Waals surface area contributed by atoms with Crippen molar-refractivity contribution >= 4 is 17.8 Å². The summed E-state index contributed by atoms with van der Waals surface area (Å²) < 4.78 is 38.4. The van der Waals surface area contributed by atoms with Gasteiger partial charge in [0.15, 0.2) is 6.61 Å². The second kappa shape index (κ2) is 20.9. The van der Waals surface area contributed by atoms with E-state index in [1.54, 1.807) is 47.5 Å². The van der Waals surface area contributed by atoms with Crippen molar-refractivity contribution in [2.75, 3.05) is 66.4 Å². The van der Waals surface area contributed by atoms with Crippen LogP contribution in [0.1, 0.15) is 46.5 Å². The molecular formula is C36H49N3O10. The van der Waals surface area contributed by atoms with Crippen molar-refractivity contribution in [3.8, 4) is 35.5 Å². The number of likely N-dealkylation sites (tertiary alicyclic amines) is 1. The number of ether oxygens (including phenoxy) is 7. The molecule has 0 spiro atoms. The molecule has 13 heteroatoms. The molecule has 1 aliphatic heterocycles. The number of carbonyl (C=O) groups is 3. The molecule has 0 unspecified atom stereocenters. The number of hydrogen-bond donors (Lipinski definition) is 1. The van der Waals surface area contributed by atoms with Gasteiger partial charge in [-0.25, -0.2) is 9.78 Å². The van der Waals surface area contributed by atoms with Crippen molar-refractivity contribution in [1.82, 2.24) is 15.2 Å². The average molecular weight is 684 g/mol. The van der Waals surface area contributed by atoms with Crippen molar-refractivity contribution in [2.45, 2.75) is 58.6 Å². The van der Waals surface area contributed by atoms with E-state index in [-0.39, 0.29) is 37.2 Å². The second-order valence-corrected chi connectivity index (χ2v) is 12.6. The standard InChI is InChI=1S/C36H49N3O10/c1-6-18-44-19-20-45-21-22-46-26-34(41)39-16-13-27(14-17-39)48-30-10-11-33(37-24-30)49-29-9-7-8-28(23-29)47-25-32(40)38-31(35(42)43-5)12-15-36(2,3)4/h1,7-11,23-24,27,31H,12-22,25-26H2,2-5H3,(H,38,40)/t31-/m0/s1. The van der Waals surface area contributed by atoms with E-state index in [9.17, 15) is 14.4 Å². The first-order valence-electron chi connectivity index (χ1n) is 16.4. The molecule has 1 aromatic heterocycles. The number of aromatic nitrogens is 1. The highest BCUT2D eigenvalue weighted by molar-refractivity contribution is 5.85. The minimum Gasteiger partial charge on any atom is -0.489 e. The summed E-state index contributed by atoms with van der Waals surface area (Å²) in [5, 5.41) is 2.70. The molecule has 3 rings (SSSR count). The summed E-state index contributed by atoms with van der Waals surface area (Å²) in [4.78, 5) is 43.3. The summed E-state index contributed by atoms with van der Waals surface area (Å²) in [6.07, 6.45) is 9.22. The van der Waals surface area contributed by atoms with Gasteiger partial charge in [-0.05, 0) is 36.5 Å². The Balaban J connectivity index is 1.36. The molecule has 0 saturated carbocycles. The number of nitrogens with one attached hydrogen (secondary N) is 1. The number of rotatable bonds is 20. The van der Waals surface area contributed by atoms with E-state index in [0.717, 1.165) is 6.42 Å². The Morgan fingerprint density at radius 1 is 0.980 bits per heavy atom. The molecule has 2 heterocycles. The van der Waals surface area contributed by atoms with Crippen molar-refractivity contribution in [3.63, 3.8) is 0 Å². The summed E-state index contributed by atoms with van der Waals surface area (Å²) >= 11 is 0. The molecule has 1 fully saturated rings. The van der Waals surface area contributed by atoms with Crippen LogP contribution in [0.4, 0.5) is 0 Å². The normalized spacial score (nSPS) is 14.0. The van der Waals surface area contributed by atoms with Gasteiger partial charge in [0.2, 0.25) is 11.8 Å². The van der Waals surface area contributed by atoms with Gasteiger partial charge >= 0.3 is 5.97 Å². The second-order valence-electron chi connectivity index (χ2n) is 12.6. The minimum absolute atomic E-state index is 0.00504. The first kappa shape index (κ1) is 39.1. The number of terminal acetylenes is 1. The fourth-order valence-electron chi connectivity index (χ4n) is 4.73. The van der Waals surface area contributed by atoms with Gasteiger partial charge in [-0.1, -0.05) is 32.8 Å². The predicted octanol–water partition coefficient (Wildman–Crippen LogP) is 3.79. The van der Waals surface area contributed by atoms with E-state index in [1.807, 2.05) is 0 Å². The van der Waals surface area contributed by atoms with Crippen molar-refractivity contribution in [2.24, 2.45) is 5.41 Å². The Labute approximate surface area is 288 Å². The molecule has 1 aliphatic rings. The van der Waals surface area contributed by atoms with E-state index in [4.69, 9.17) is 39.6 Å². The lowest BCUT2D eigenvalue weighted by Gasteiger charge is -2.32. The van der Waals surface area contributed by atoms with Gasteiger partial charge in [-0.2, -0.15) is 0 Å². The quantitative estimate of drug-likeness (QED) is 0.124. The van der Waals surface area contributed by atoms with E-state index in [1.165, 1.54) is 7.11 Å². The Morgan fingerprint density at radius 2 is 1.69 bits per heavy atom. The van der Waals surface area contributed by atoms with E-state index in [0.29, 0.717) is 81.9 Å². The van der Waals surface area contributed by atoms with Crippen molar-refractivity contribution in [3.05, 3.63) is 42.6 Å². The molecule has 0 radical (unpaired) electrons. The molecular weight excluding hydrogens is 634 g/mol. The third-order valence-electron chi connectivity index (χ3n) is 7.36. The zero-order chi connectivity index (χ0) is 35.5. The zero-order valence-electron chi connectivity index (χ0n) is 28.9. The third-order valence-corrected chi connectivity index (χ3v) is 7.36. The van der Waals surface area contributed by atoms with Gasteiger partial charge in [0, 0.05) is 38.1 Å². The average Bonchev–Trinajstić information content (AvgIpc) is 3.09. The summed E-state index contributed by atoms with van der Waals surface area (Å²) in [6.45, 7) is 8.88. The van der Waals surface area contributed by atoms with Crippen LogP contribution >= 0.6 is 0 Å². The molecule has 1 N–H and O–H groups in total. The summed E-state index contributed by atoms with van der Waals surface area (Å²) in [6, 6.07) is 9.55. The maximum Gasteiger partial charge on any atom is 0.328 e. The Kier molecular flexibility index (Phi) is 16.6. The number of carbonyl (C=O) groups excluding carboxylic acids is 3. The first-order chi connectivity index (χ1) is 23.6. The smallest absolute Gasteiger partial charge is 0.328 e. The highest BCUT2D eigenvalue weighted by Crippen LogP contribution is 2.26. The highest BCUT2D eigenvalue weighted by Gasteiger charge is 2.25. The van der Waals surface area contributed by atoms with Gasteiger partial charge in [0.1, 0.15) is 42.6 Å². The molecule has 2 aromatic rings. The van der Waals surface area contributed by atoms with Gasteiger partial charge in [0.25, 0.3) is 5.91 Å². The lowest BCUT2D eigenvalue weighted by atomic mass is 9.88. The molecule has 0 aliphatic carbocycles. The minimum atomic E-state index is -0.746. The number of nitrogens with zero attached hydrogens (tertiary/aromatic N) is 2. The summed E-state index contributed by atoms with van der Waals surface area (Å²) in [7, 11) is 1.30. The van der Waals surface area contributed by atoms with Crippen molar-refractivity contribution < 1.29 is 47.5 Å². The largest absolute Gasteiger partial charge is 0.489 e. The molecule has 1 aromatic carbocycles. The fourth-order valence-corrected chi connectivity index (χ4v) is 4.73. The third kappa shape index (κ3) is 15.6. The number of methoxy groups -OCH3 is 1. The van der Waals surface area contributed by atoms with Gasteiger partial charge in [-0.3, -0.25) is 9.59 Å². The van der Waals surface area contributed by atoms with Crippen LogP contribution < -0.4 is 19.5 Å². The lowest BCUT2D eigenvalue weighted by molar-refractivity contribution is -0.145. The maximum absolute atomic E-state index is 12.5. The monoisotopic (exact) mass is 683 g/mol. The molecule has 13 nitrogen and oxygen atoms in total. The molecule has 2 amide bonds. The zero-order valence-corrected chi connectivity index (χ0v) is 28.9. The van der Waals surface area contributed by atoms with Gasteiger partial charge in [-0.15, -0.1) is 6.42 Å². The molecule has 1 saturated heterocycles. The molecule has 49 heavy (non-hydrogen) atoms. The van der Waals surface area contributed by atoms with Crippen LogP contribution in [0.3, 0.4) is 0 Å². The predicted molar refractivity (Wildman–Crippen MR) is 180 cm³/mol. The fraction of sp³-hybridized carbons (Fsp3) is 0.556. The SMILES string of the molecule is C#CCOCCOCCOCC(=O)N1CCC(Oc2ccc(Oc3cccc(OCC(=O)N[C@@H](CCC(C)(C)C)C(=O)OC)c3)nc2)CC1. The Hall–Kier alpha value is -4.38. The topological polar surface area (TPSA) is 144 Å². The number of esters is 1. The van der Waals surface area contributed by atoms with E-state index < -0.39 is 17.9 Å². The van der Waals surface area contributed by atoms with Crippen LogP contribution in [-0.4, -0.2) is 106 Å². The number of piperidine rings is 1. The number of pyridine rings is 1. The van der Waals surface area contributed by atoms with Gasteiger partial charge < -0.3 is 43.4 Å². The molecule has 268 valence electrons. The lowest BCUT2D eigenvalue weighted by Crippen LogP contribution is -2.44. The number of hydrogen-bond acceptors (Lipinski definition) is 11. The number of benzene rings is 1. The van der Waals surface area contributed by atoms with Crippen molar-refractivity contribution in [1.29, 1.82) is 0 Å². The van der Waals surface area contributed by atoms with Gasteiger partial charge in [0.05, 0.1) is 39.7 Å². The highest BCUT2D eigenvalue weighted by atomic mass is 16.5. The van der Waals surface area contributed by atoms with Crippen LogP contribution in [-0.2, 0) is 33.3 Å². The summed E-state index contributed by atoms with van der Waals surface area (Å²) in [5.74, 6) is 3.24. The Bertz CT molecular complexity index is 1350. The molecule has 0 bridgehead atoms. The molecule has 1 atom stereocenters. The van der Waals surface area contributed by atoms with Crippen LogP contribution in [0.2, 0.25) is 0 Å².